The quantitative estimate of drug-likeness (QED) is 0.796. The first kappa shape index (κ1) is 10.1. The van der Waals surface area contributed by atoms with Crippen molar-refractivity contribution in [1.29, 1.82) is 0 Å². The Labute approximate surface area is 127 Å². The van der Waals surface area contributed by atoms with Crippen LogP contribution in [0.25, 0.3) is 0 Å². The lowest BCUT2D eigenvalue weighted by Gasteiger charge is -2.22. The molecule has 2 heteroatoms. The molecule has 0 bridgehead atoms. The van der Waals surface area contributed by atoms with Gasteiger partial charge in [0.25, 0.3) is 0 Å². The first-order valence-electron chi connectivity index (χ1n) is 8.62. The van der Waals surface area contributed by atoms with Gasteiger partial charge in [0.05, 0.1) is 9.30 Å². The van der Waals surface area contributed by atoms with E-state index in [1.807, 2.05) is 61.5 Å². The van der Waals surface area contributed by atoms with Gasteiger partial charge in [0.15, 0.2) is 0 Å². The Morgan fingerprint density at radius 1 is 1.05 bits per heavy atom. The molecule has 0 aliphatic carbocycles. The van der Waals surface area contributed by atoms with Gasteiger partial charge in [-0.15, -0.1) is 0 Å². The molecule has 0 radical (unpaired) electrons. The third kappa shape index (κ3) is 3.92. The number of nitrogens with zero attached hydrogens (tertiary/aromatic N) is 1. The molecule has 0 aliphatic rings. The zero-order valence-electron chi connectivity index (χ0n) is 16.1. The van der Waals surface area contributed by atoms with E-state index < -0.39 is 19.2 Å². The summed E-state index contributed by atoms with van der Waals surface area (Å²) in [6.07, 6.45) is -0.697. The van der Waals surface area contributed by atoms with E-state index >= 15 is 0 Å². The maximum atomic E-state index is 8.19. The molecule has 0 saturated heterocycles. The lowest BCUT2D eigenvalue weighted by molar-refractivity contribution is 0.0683. The van der Waals surface area contributed by atoms with Crippen LogP contribution in [-0.4, -0.2) is 32.1 Å². The highest BCUT2D eigenvalue weighted by Crippen LogP contribution is 2.28. The van der Waals surface area contributed by atoms with Gasteiger partial charge in [-0.25, -0.2) is 0 Å². The van der Waals surface area contributed by atoms with E-state index in [1.54, 1.807) is 0 Å². The van der Waals surface area contributed by atoms with Crippen molar-refractivity contribution >= 4 is 0 Å². The molecule has 0 amide bonds. The maximum Gasteiger partial charge on any atom is 0.108 e. The molecule has 0 heterocycles. The van der Waals surface area contributed by atoms with Gasteiger partial charge in [-0.3, -0.25) is 0 Å². The van der Waals surface area contributed by atoms with Gasteiger partial charge in [0, 0.05) is 9.24 Å². The molecule has 0 fully saturated rings. The lowest BCUT2D eigenvalue weighted by Crippen LogP contribution is -2.20. The number of likely N-dealkylation sites (N-methyl/N-ethyl adjacent to an activating group) is 1. The van der Waals surface area contributed by atoms with E-state index in [1.165, 1.54) is 19.0 Å². The highest BCUT2D eigenvalue weighted by molar-refractivity contribution is 5.35. The van der Waals surface area contributed by atoms with Gasteiger partial charge >= 0.3 is 0 Å². The molecule has 0 aliphatic heterocycles. The topological polar surface area (TPSA) is 12.5 Å². The summed E-state index contributed by atoms with van der Waals surface area (Å²) in [5.74, 6) is 0. The van der Waals surface area contributed by atoms with Crippen LogP contribution in [0.1, 0.15) is 28.3 Å². The second-order valence-electron chi connectivity index (χ2n) is 4.87. The molecule has 0 aromatic heterocycles. The van der Waals surface area contributed by atoms with Crippen molar-refractivity contribution in [2.45, 2.75) is 13.0 Å². The number of hydrogen-bond acceptors (Lipinski definition) is 2. The fourth-order valence-corrected chi connectivity index (χ4v) is 2.00. The first-order valence-corrected chi connectivity index (χ1v) is 6.62. The molecule has 1 atom stereocenters. The Kier molecular flexibility index (Phi) is 3.66. The lowest BCUT2D eigenvalue weighted by atomic mass is 9.97. The van der Waals surface area contributed by atoms with Crippen molar-refractivity contribution < 1.29 is 10.2 Å². The Balaban J connectivity index is 2.47. The fourth-order valence-electron chi connectivity index (χ4n) is 2.00. The van der Waals surface area contributed by atoms with Crippen LogP contribution in [0.5, 0.6) is 0 Å². The SMILES string of the molecule is [2H]C([2H])(OC(c1ccccc1)c1ccccc1C)C([2H])([2H])N(C)C. The molecule has 2 aromatic carbocycles. The minimum atomic E-state index is -2.50. The normalized spacial score (nSPS) is 17.0. The van der Waals surface area contributed by atoms with Gasteiger partial charge in [-0.2, -0.15) is 0 Å². The van der Waals surface area contributed by atoms with E-state index in [2.05, 4.69) is 0 Å². The van der Waals surface area contributed by atoms with E-state index in [0.29, 0.717) is 0 Å². The average Bonchev–Trinajstić information content (AvgIpc) is 2.54. The third-order valence-electron chi connectivity index (χ3n) is 3.02. The zero-order valence-corrected chi connectivity index (χ0v) is 12.1. The van der Waals surface area contributed by atoms with Gasteiger partial charge in [-0.05, 0) is 37.7 Å². The zero-order chi connectivity index (χ0) is 18.0. The largest absolute Gasteiger partial charge is 0.367 e. The summed E-state index contributed by atoms with van der Waals surface area (Å²) in [5.41, 5.74) is 2.57. The second kappa shape index (κ2) is 7.22. The van der Waals surface area contributed by atoms with Crippen LogP contribution in [0.3, 0.4) is 0 Å². The predicted octanol–water partition coefficient (Wildman–Crippen LogP) is 3.66. The minimum absolute atomic E-state index is 0.697. The van der Waals surface area contributed by atoms with Crippen molar-refractivity contribution in [2.75, 3.05) is 27.2 Å². The molecule has 1 unspecified atom stereocenters. The first-order chi connectivity index (χ1) is 11.2. The predicted molar refractivity (Wildman–Crippen MR) is 84.0 cm³/mol. The summed E-state index contributed by atoms with van der Waals surface area (Å²) in [6, 6.07) is 16.9. The van der Waals surface area contributed by atoms with Crippen molar-refractivity contribution in [3.8, 4) is 0 Å². The third-order valence-corrected chi connectivity index (χ3v) is 3.02. The van der Waals surface area contributed by atoms with Crippen LogP contribution in [0.2, 0.25) is 0 Å². The van der Waals surface area contributed by atoms with Crippen LogP contribution in [0.15, 0.2) is 54.6 Å². The van der Waals surface area contributed by atoms with E-state index in [-0.39, 0.29) is 0 Å². The van der Waals surface area contributed by atoms with Crippen molar-refractivity contribution in [1.82, 2.24) is 4.90 Å². The smallest absolute Gasteiger partial charge is 0.108 e. The fraction of sp³-hybridized carbons (Fsp3) is 0.333. The summed E-state index contributed by atoms with van der Waals surface area (Å²) in [6.45, 7) is -2.84. The van der Waals surface area contributed by atoms with E-state index in [4.69, 9.17) is 10.2 Å². The molecule has 0 saturated carbocycles. The molecule has 2 nitrogen and oxygen atoms in total. The van der Waals surface area contributed by atoms with Crippen molar-refractivity contribution in [3.05, 3.63) is 71.3 Å². The highest BCUT2D eigenvalue weighted by Gasteiger charge is 2.16. The minimum Gasteiger partial charge on any atom is -0.367 e. The maximum absolute atomic E-state index is 8.19. The molecule has 2 aromatic rings. The summed E-state index contributed by atoms with van der Waals surface area (Å²) in [7, 11) is 2.99. The number of aryl methyl sites for hydroxylation is 1. The van der Waals surface area contributed by atoms with Gasteiger partial charge in [-0.1, -0.05) is 54.6 Å². The van der Waals surface area contributed by atoms with E-state index in [0.717, 1.165) is 16.7 Å². The molecular formula is C18H23NO. The van der Waals surface area contributed by atoms with E-state index in [9.17, 15) is 0 Å². The average molecular weight is 273 g/mol. The number of ether oxygens (including phenoxy) is 1. The Hall–Kier alpha value is -1.64. The molecule has 0 spiro atoms. The summed E-state index contributed by atoms with van der Waals surface area (Å²) in [5, 5.41) is 0. The molecule has 2 rings (SSSR count). The van der Waals surface area contributed by atoms with Gasteiger partial charge in [0.2, 0.25) is 0 Å². The molecule has 20 heavy (non-hydrogen) atoms. The molecule has 106 valence electrons. The van der Waals surface area contributed by atoms with Gasteiger partial charge in [0.1, 0.15) is 6.10 Å². The Bertz CT molecular complexity index is 674. The number of benzene rings is 2. The second-order valence-corrected chi connectivity index (χ2v) is 4.87. The van der Waals surface area contributed by atoms with Crippen LogP contribution in [0.4, 0.5) is 0 Å². The van der Waals surface area contributed by atoms with Crippen LogP contribution in [-0.2, 0) is 4.74 Å². The van der Waals surface area contributed by atoms with Crippen LogP contribution < -0.4 is 0 Å². The molecule has 0 N–H and O–H groups in total. The highest BCUT2D eigenvalue weighted by atomic mass is 16.5. The van der Waals surface area contributed by atoms with Crippen LogP contribution in [0, 0.1) is 6.92 Å². The summed E-state index contributed by atoms with van der Waals surface area (Å²) < 4.78 is 38.2. The Morgan fingerprint density at radius 3 is 2.35 bits per heavy atom. The Morgan fingerprint density at radius 2 is 1.70 bits per heavy atom. The number of hydrogen-bond donors (Lipinski definition) is 0. The summed E-state index contributed by atoms with van der Waals surface area (Å²) in [4.78, 5) is 1.19. The monoisotopic (exact) mass is 273 g/mol. The standard InChI is InChI=1S/C18H23NO/c1-15-9-7-8-12-17(15)18(20-14-13-19(2)3)16-10-5-4-6-11-16/h4-12,18H,13-14H2,1-3H3/i13D2,14D2. The van der Waals surface area contributed by atoms with Crippen LogP contribution >= 0.6 is 0 Å². The molecular weight excluding hydrogens is 246 g/mol. The van der Waals surface area contributed by atoms with Crippen molar-refractivity contribution in [2.24, 2.45) is 0 Å². The van der Waals surface area contributed by atoms with Crippen molar-refractivity contribution in [3.63, 3.8) is 0 Å². The summed E-state index contributed by atoms with van der Waals surface area (Å²) >= 11 is 0. The number of rotatable bonds is 6. The van der Waals surface area contributed by atoms with Gasteiger partial charge < -0.3 is 9.64 Å².